The van der Waals surface area contributed by atoms with Crippen LogP contribution >= 0.6 is 0 Å². The van der Waals surface area contributed by atoms with Crippen LogP contribution in [0, 0.1) is 6.42 Å². The second-order valence-corrected chi connectivity index (χ2v) is 8.31. The van der Waals surface area contributed by atoms with Gasteiger partial charge in [0.2, 0.25) is 0 Å². The van der Waals surface area contributed by atoms with Crippen molar-refractivity contribution in [3.63, 3.8) is 0 Å². The van der Waals surface area contributed by atoms with E-state index in [1.807, 2.05) is 0 Å². The van der Waals surface area contributed by atoms with Gasteiger partial charge in [0.15, 0.2) is 8.32 Å². The predicted octanol–water partition coefficient (Wildman–Crippen LogP) is 4.40. The lowest BCUT2D eigenvalue weighted by Crippen LogP contribution is -2.38. The van der Waals surface area contributed by atoms with Gasteiger partial charge in [-0.05, 0) is 24.6 Å². The van der Waals surface area contributed by atoms with Crippen LogP contribution in [-0.2, 0) is 4.43 Å². The lowest BCUT2D eigenvalue weighted by atomic mass is 10.5. The van der Waals surface area contributed by atoms with Crippen LogP contribution < -0.4 is 0 Å². The standard InChI is InChI=1S/C12H27OSi/c1-5-9-13-14(10-6-2,11-7-3)12-8-4/h5H,6-12H2,1-4H3. The molecule has 0 rings (SSSR count). The Balaban J connectivity index is 4.21. The van der Waals surface area contributed by atoms with E-state index >= 15 is 0 Å². The molecule has 0 aliphatic rings. The molecule has 1 radical (unpaired) electrons. The fourth-order valence-corrected chi connectivity index (χ4v) is 6.66. The first kappa shape index (κ1) is 14.2. The first-order valence-corrected chi connectivity index (χ1v) is 8.69. The SMILES string of the molecule is C[CH]CO[Si](CCC)(CCC)CCC. The third kappa shape index (κ3) is 5.16. The maximum Gasteiger partial charge on any atom is 0.192 e. The molecule has 85 valence electrons. The van der Waals surface area contributed by atoms with Gasteiger partial charge in [-0.3, -0.25) is 0 Å². The summed E-state index contributed by atoms with van der Waals surface area (Å²) in [6, 6.07) is 4.05. The van der Waals surface area contributed by atoms with E-state index in [-0.39, 0.29) is 0 Å². The van der Waals surface area contributed by atoms with Gasteiger partial charge in [-0.15, -0.1) is 0 Å². The molecule has 0 spiro atoms. The zero-order valence-electron chi connectivity index (χ0n) is 10.4. The second kappa shape index (κ2) is 8.48. The van der Waals surface area contributed by atoms with E-state index in [1.165, 1.54) is 37.4 Å². The summed E-state index contributed by atoms with van der Waals surface area (Å²) >= 11 is 0. The average molecular weight is 215 g/mol. The van der Waals surface area contributed by atoms with E-state index in [1.54, 1.807) is 0 Å². The molecule has 0 amide bonds. The van der Waals surface area contributed by atoms with E-state index in [9.17, 15) is 0 Å². The van der Waals surface area contributed by atoms with Crippen molar-refractivity contribution in [3.8, 4) is 0 Å². The molecule has 0 N–H and O–H groups in total. The van der Waals surface area contributed by atoms with Crippen LogP contribution in [0.4, 0.5) is 0 Å². The first-order chi connectivity index (χ1) is 6.74. The predicted molar refractivity (Wildman–Crippen MR) is 67.0 cm³/mol. The largest absolute Gasteiger partial charge is 0.417 e. The number of hydrogen-bond donors (Lipinski definition) is 0. The first-order valence-electron chi connectivity index (χ1n) is 6.16. The summed E-state index contributed by atoms with van der Waals surface area (Å²) in [4.78, 5) is 0. The highest BCUT2D eigenvalue weighted by molar-refractivity contribution is 6.73. The van der Waals surface area contributed by atoms with Gasteiger partial charge in [0.05, 0.1) is 0 Å². The number of hydrogen-bond acceptors (Lipinski definition) is 1. The molecule has 0 aromatic carbocycles. The highest BCUT2D eigenvalue weighted by Gasteiger charge is 2.31. The van der Waals surface area contributed by atoms with E-state index in [0.717, 1.165) is 6.61 Å². The second-order valence-electron chi connectivity index (χ2n) is 4.15. The summed E-state index contributed by atoms with van der Waals surface area (Å²) in [7, 11) is -1.35. The smallest absolute Gasteiger partial charge is 0.192 e. The highest BCUT2D eigenvalue weighted by Crippen LogP contribution is 2.27. The van der Waals surface area contributed by atoms with Crippen molar-refractivity contribution in [2.75, 3.05) is 6.61 Å². The lowest BCUT2D eigenvalue weighted by Gasteiger charge is -2.30. The Morgan fingerprint density at radius 2 is 1.36 bits per heavy atom. The Labute approximate surface area is 91.4 Å². The zero-order chi connectivity index (χ0) is 10.9. The molecule has 14 heavy (non-hydrogen) atoms. The summed E-state index contributed by atoms with van der Waals surface area (Å²) in [5, 5.41) is 0. The van der Waals surface area contributed by atoms with Gasteiger partial charge in [-0.25, -0.2) is 0 Å². The third-order valence-corrected chi connectivity index (χ3v) is 7.69. The minimum atomic E-state index is -1.35. The molecular weight excluding hydrogens is 188 g/mol. The molecule has 1 nitrogen and oxygen atoms in total. The van der Waals surface area contributed by atoms with Crippen LogP contribution in [0.25, 0.3) is 0 Å². The van der Waals surface area contributed by atoms with Crippen molar-refractivity contribution in [2.24, 2.45) is 0 Å². The summed E-state index contributed by atoms with van der Waals surface area (Å²) in [6.07, 6.45) is 6.00. The van der Waals surface area contributed by atoms with Crippen LogP contribution in [0.15, 0.2) is 0 Å². The molecule has 0 aromatic rings. The minimum Gasteiger partial charge on any atom is -0.417 e. The molecule has 0 fully saturated rings. The molecule has 0 saturated carbocycles. The van der Waals surface area contributed by atoms with Crippen molar-refractivity contribution in [1.82, 2.24) is 0 Å². The fraction of sp³-hybridized carbons (Fsp3) is 0.917. The molecule has 0 heterocycles. The molecule has 0 atom stereocenters. The van der Waals surface area contributed by atoms with Crippen molar-refractivity contribution in [2.45, 2.75) is 65.1 Å². The van der Waals surface area contributed by atoms with Crippen LogP contribution in [0.2, 0.25) is 18.1 Å². The van der Waals surface area contributed by atoms with Crippen LogP contribution in [-0.4, -0.2) is 14.9 Å². The van der Waals surface area contributed by atoms with Gasteiger partial charge in [-0.2, -0.15) is 0 Å². The van der Waals surface area contributed by atoms with Crippen molar-refractivity contribution < 1.29 is 4.43 Å². The van der Waals surface area contributed by atoms with Gasteiger partial charge in [0.1, 0.15) is 0 Å². The molecule has 0 aromatic heterocycles. The molecule has 2 heteroatoms. The Morgan fingerprint density at radius 1 is 0.929 bits per heavy atom. The average Bonchev–Trinajstić information content (AvgIpc) is 2.16. The summed E-state index contributed by atoms with van der Waals surface area (Å²) in [6.45, 7) is 9.81. The van der Waals surface area contributed by atoms with Crippen LogP contribution in [0.3, 0.4) is 0 Å². The van der Waals surface area contributed by atoms with Crippen molar-refractivity contribution in [3.05, 3.63) is 6.42 Å². The minimum absolute atomic E-state index is 0.867. The monoisotopic (exact) mass is 215 g/mol. The van der Waals surface area contributed by atoms with Gasteiger partial charge in [0, 0.05) is 6.61 Å². The van der Waals surface area contributed by atoms with E-state index in [4.69, 9.17) is 4.43 Å². The quantitative estimate of drug-likeness (QED) is 0.518. The Hall–Kier alpha value is 0.177. The number of rotatable bonds is 9. The molecular formula is C12H27OSi. The van der Waals surface area contributed by atoms with E-state index in [2.05, 4.69) is 34.1 Å². The fourth-order valence-electron chi connectivity index (χ4n) is 2.22. The Bertz CT molecular complexity index is 108. The lowest BCUT2D eigenvalue weighted by molar-refractivity contribution is 0.325. The summed E-state index contributed by atoms with van der Waals surface area (Å²) in [5.41, 5.74) is 0. The van der Waals surface area contributed by atoms with E-state index in [0.29, 0.717) is 0 Å². The van der Waals surface area contributed by atoms with Gasteiger partial charge in [0.25, 0.3) is 0 Å². The maximum absolute atomic E-state index is 6.18. The molecule has 0 aliphatic carbocycles. The topological polar surface area (TPSA) is 9.23 Å². The zero-order valence-corrected chi connectivity index (χ0v) is 11.4. The third-order valence-electron chi connectivity index (χ3n) is 2.67. The molecule has 0 saturated heterocycles. The van der Waals surface area contributed by atoms with Gasteiger partial charge >= 0.3 is 0 Å². The molecule has 0 aliphatic heterocycles. The van der Waals surface area contributed by atoms with Crippen molar-refractivity contribution in [1.29, 1.82) is 0 Å². The van der Waals surface area contributed by atoms with Gasteiger partial charge < -0.3 is 4.43 Å². The van der Waals surface area contributed by atoms with Crippen LogP contribution in [0.1, 0.15) is 47.0 Å². The Kier molecular flexibility index (Phi) is 8.59. The highest BCUT2D eigenvalue weighted by atomic mass is 28.4. The normalized spacial score (nSPS) is 12.0. The van der Waals surface area contributed by atoms with E-state index < -0.39 is 8.32 Å². The maximum atomic E-state index is 6.18. The molecule has 0 bridgehead atoms. The Morgan fingerprint density at radius 3 is 1.64 bits per heavy atom. The van der Waals surface area contributed by atoms with Crippen LogP contribution in [0.5, 0.6) is 0 Å². The summed E-state index contributed by atoms with van der Waals surface area (Å²) < 4.78 is 6.18. The van der Waals surface area contributed by atoms with Gasteiger partial charge in [-0.1, -0.05) is 47.0 Å². The summed E-state index contributed by atoms with van der Waals surface area (Å²) in [5.74, 6) is 0. The van der Waals surface area contributed by atoms with Crippen molar-refractivity contribution >= 4 is 8.32 Å². The molecule has 0 unspecified atom stereocenters.